The molecular weight excluding hydrogens is 348 g/mol. The van der Waals surface area contributed by atoms with Gasteiger partial charge in [-0.3, -0.25) is 4.79 Å². The van der Waals surface area contributed by atoms with E-state index in [-0.39, 0.29) is 12.8 Å². The molecule has 0 heterocycles. The second-order valence-corrected chi connectivity index (χ2v) is 8.79. The van der Waals surface area contributed by atoms with Crippen molar-refractivity contribution in [2.24, 2.45) is 0 Å². The average molecular weight is 391 g/mol. The number of carboxylic acid groups (broad SMARTS) is 1. The van der Waals surface area contributed by atoms with Gasteiger partial charge in [0, 0.05) is 6.42 Å². The maximum Gasteiger partial charge on any atom is 0.303 e. The summed E-state index contributed by atoms with van der Waals surface area (Å²) in [6.07, 6.45) is 8.34. The van der Waals surface area contributed by atoms with E-state index in [2.05, 4.69) is 13.8 Å². The minimum absolute atomic E-state index is 0.101. The van der Waals surface area contributed by atoms with Gasteiger partial charge in [0.05, 0.1) is 17.6 Å². The van der Waals surface area contributed by atoms with Crippen LogP contribution in [0.25, 0.3) is 0 Å². The van der Waals surface area contributed by atoms with Gasteiger partial charge >= 0.3 is 5.97 Å². The van der Waals surface area contributed by atoms with Gasteiger partial charge in [0.25, 0.3) is 0 Å². The van der Waals surface area contributed by atoms with Gasteiger partial charge in [-0.2, -0.15) is 9.78 Å². The first-order valence-corrected chi connectivity index (χ1v) is 10.4. The monoisotopic (exact) mass is 390 g/mol. The van der Waals surface area contributed by atoms with Gasteiger partial charge in [0.1, 0.15) is 0 Å². The van der Waals surface area contributed by atoms with Crippen molar-refractivity contribution in [3.05, 3.63) is 0 Å². The van der Waals surface area contributed by atoms with Crippen molar-refractivity contribution in [2.45, 2.75) is 130 Å². The molecule has 0 unspecified atom stereocenters. The molecular formula is C21H42O6. The molecule has 0 bridgehead atoms. The Kier molecular flexibility index (Phi) is 12.4. The van der Waals surface area contributed by atoms with Crippen LogP contribution in [-0.2, 0) is 24.3 Å². The van der Waals surface area contributed by atoms with Crippen LogP contribution in [0.4, 0.5) is 0 Å². The molecule has 0 aliphatic heterocycles. The van der Waals surface area contributed by atoms with E-state index in [4.69, 9.17) is 24.7 Å². The number of hydrogen-bond donors (Lipinski definition) is 1. The van der Waals surface area contributed by atoms with Crippen molar-refractivity contribution in [3.63, 3.8) is 0 Å². The molecule has 0 aromatic rings. The molecule has 1 N–H and O–H groups in total. The Labute approximate surface area is 165 Å². The fourth-order valence-corrected chi connectivity index (χ4v) is 2.52. The van der Waals surface area contributed by atoms with Crippen LogP contribution in [0.3, 0.4) is 0 Å². The Morgan fingerprint density at radius 1 is 0.704 bits per heavy atom. The maximum atomic E-state index is 11.0. The Morgan fingerprint density at radius 3 is 1.44 bits per heavy atom. The predicted molar refractivity (Wildman–Crippen MR) is 106 cm³/mol. The maximum absolute atomic E-state index is 11.0. The normalized spacial score (nSPS) is 13.1. The van der Waals surface area contributed by atoms with Gasteiger partial charge in [-0.25, -0.2) is 9.78 Å². The lowest BCUT2D eigenvalue weighted by Gasteiger charge is -2.34. The van der Waals surface area contributed by atoms with Gasteiger partial charge in [-0.05, 0) is 47.5 Å². The number of aliphatic carboxylic acids is 1. The third-order valence-electron chi connectivity index (χ3n) is 4.44. The highest BCUT2D eigenvalue weighted by Gasteiger charge is 2.35. The summed E-state index contributed by atoms with van der Waals surface area (Å²) in [5.74, 6) is -2.21. The van der Waals surface area contributed by atoms with Crippen LogP contribution in [0.2, 0.25) is 0 Å². The van der Waals surface area contributed by atoms with Crippen LogP contribution in [0.15, 0.2) is 0 Å². The SMILES string of the molecule is CCCCCC(C)(C)OOC(C)(CCC(=O)O)OOC(C)(C)CCCCC. The van der Waals surface area contributed by atoms with Crippen LogP contribution >= 0.6 is 0 Å². The van der Waals surface area contributed by atoms with Crippen molar-refractivity contribution < 1.29 is 29.5 Å². The van der Waals surface area contributed by atoms with Crippen molar-refractivity contribution in [2.75, 3.05) is 0 Å². The number of carboxylic acids is 1. The number of carbonyl (C=O) groups is 1. The van der Waals surface area contributed by atoms with Gasteiger partial charge in [-0.15, -0.1) is 0 Å². The molecule has 6 heteroatoms. The largest absolute Gasteiger partial charge is 0.481 e. The fourth-order valence-electron chi connectivity index (χ4n) is 2.52. The van der Waals surface area contributed by atoms with E-state index in [9.17, 15) is 4.79 Å². The van der Waals surface area contributed by atoms with Crippen molar-refractivity contribution in [1.29, 1.82) is 0 Å². The van der Waals surface area contributed by atoms with Gasteiger partial charge in [0.15, 0.2) is 0 Å². The average Bonchev–Trinajstić information content (AvgIpc) is 2.57. The van der Waals surface area contributed by atoms with Crippen LogP contribution in [-0.4, -0.2) is 28.1 Å². The molecule has 0 spiro atoms. The van der Waals surface area contributed by atoms with E-state index in [0.29, 0.717) is 0 Å². The molecule has 0 saturated heterocycles. The standard InChI is InChI=1S/C21H42O6/c1-8-10-12-15-19(3,4)24-26-21(7,17-14-18(22)23)27-25-20(5,6)16-13-11-9-2/h8-17H2,1-7H3,(H,22,23). The van der Waals surface area contributed by atoms with Crippen LogP contribution in [0, 0.1) is 0 Å². The minimum Gasteiger partial charge on any atom is -0.481 e. The Bertz CT molecular complexity index is 379. The lowest BCUT2D eigenvalue weighted by atomic mass is 10.0. The van der Waals surface area contributed by atoms with Crippen LogP contribution in [0.1, 0.15) is 113 Å². The summed E-state index contributed by atoms with van der Waals surface area (Å²) in [7, 11) is 0. The molecule has 0 aromatic carbocycles. The summed E-state index contributed by atoms with van der Waals surface area (Å²) in [5.41, 5.74) is -0.973. The zero-order valence-electron chi connectivity index (χ0n) is 18.6. The molecule has 0 atom stereocenters. The minimum atomic E-state index is -1.29. The summed E-state index contributed by atoms with van der Waals surface area (Å²) in [6.45, 7) is 13.8. The van der Waals surface area contributed by atoms with Crippen LogP contribution in [0.5, 0.6) is 0 Å². The van der Waals surface area contributed by atoms with E-state index >= 15 is 0 Å². The first kappa shape index (κ1) is 26.3. The molecule has 0 radical (unpaired) electrons. The summed E-state index contributed by atoms with van der Waals surface area (Å²) in [4.78, 5) is 33.5. The third kappa shape index (κ3) is 14.0. The Morgan fingerprint density at radius 2 is 1.11 bits per heavy atom. The van der Waals surface area contributed by atoms with E-state index in [1.165, 1.54) is 0 Å². The van der Waals surface area contributed by atoms with Crippen molar-refractivity contribution in [3.8, 4) is 0 Å². The lowest BCUT2D eigenvalue weighted by Crippen LogP contribution is -2.40. The van der Waals surface area contributed by atoms with E-state index in [0.717, 1.165) is 51.4 Å². The first-order chi connectivity index (χ1) is 12.5. The summed E-state index contributed by atoms with van der Waals surface area (Å²) in [5, 5.41) is 9.03. The topological polar surface area (TPSA) is 74.2 Å². The predicted octanol–water partition coefficient (Wildman–Crippen LogP) is 6.18. The highest BCUT2D eigenvalue weighted by molar-refractivity contribution is 5.66. The molecule has 162 valence electrons. The van der Waals surface area contributed by atoms with Gasteiger partial charge in [-0.1, -0.05) is 52.4 Å². The molecule has 0 fully saturated rings. The highest BCUT2D eigenvalue weighted by atomic mass is 17.3. The van der Waals surface area contributed by atoms with Crippen molar-refractivity contribution in [1.82, 2.24) is 0 Å². The highest BCUT2D eigenvalue weighted by Crippen LogP contribution is 2.29. The zero-order valence-corrected chi connectivity index (χ0v) is 18.6. The number of unbranched alkanes of at least 4 members (excludes halogenated alkanes) is 4. The van der Waals surface area contributed by atoms with Gasteiger partial charge < -0.3 is 5.11 Å². The van der Waals surface area contributed by atoms with E-state index in [1.807, 2.05) is 27.7 Å². The fraction of sp³-hybridized carbons (Fsp3) is 0.952. The molecule has 0 aromatic heterocycles. The smallest absolute Gasteiger partial charge is 0.303 e. The van der Waals surface area contributed by atoms with E-state index < -0.39 is 23.0 Å². The Hall–Kier alpha value is -0.690. The first-order valence-electron chi connectivity index (χ1n) is 10.4. The summed E-state index contributed by atoms with van der Waals surface area (Å²) < 4.78 is 0. The molecule has 0 aliphatic carbocycles. The molecule has 6 nitrogen and oxygen atoms in total. The molecule has 0 amide bonds. The Balaban J connectivity index is 4.76. The van der Waals surface area contributed by atoms with Crippen molar-refractivity contribution >= 4 is 5.97 Å². The molecule has 27 heavy (non-hydrogen) atoms. The lowest BCUT2D eigenvalue weighted by molar-refractivity contribution is -0.540. The zero-order chi connectivity index (χ0) is 21.0. The van der Waals surface area contributed by atoms with E-state index in [1.54, 1.807) is 6.92 Å². The summed E-state index contributed by atoms with van der Waals surface area (Å²) >= 11 is 0. The second-order valence-electron chi connectivity index (χ2n) is 8.79. The third-order valence-corrected chi connectivity index (χ3v) is 4.44. The van der Waals surface area contributed by atoms with Crippen LogP contribution < -0.4 is 0 Å². The van der Waals surface area contributed by atoms with Gasteiger partial charge in [0.2, 0.25) is 5.79 Å². The quantitative estimate of drug-likeness (QED) is 0.138. The second kappa shape index (κ2) is 12.7. The molecule has 0 aliphatic rings. The summed E-state index contributed by atoms with van der Waals surface area (Å²) in [6, 6.07) is 0. The number of rotatable bonds is 17. The molecule has 0 rings (SSSR count). The number of hydrogen-bond acceptors (Lipinski definition) is 5. The molecule has 0 saturated carbocycles.